The van der Waals surface area contributed by atoms with Crippen LogP contribution in [0.15, 0.2) is 43.0 Å². The minimum Gasteiger partial charge on any atom is -0.370 e. The molecule has 2 aliphatic heterocycles. The van der Waals surface area contributed by atoms with Gasteiger partial charge in [0, 0.05) is 26.1 Å². The highest BCUT2D eigenvalue weighted by molar-refractivity contribution is 5.85. The molecule has 2 heterocycles. The van der Waals surface area contributed by atoms with Gasteiger partial charge in [0.1, 0.15) is 0 Å². The fourth-order valence-corrected chi connectivity index (χ4v) is 3.78. The summed E-state index contributed by atoms with van der Waals surface area (Å²) in [5.41, 5.74) is 0.902. The van der Waals surface area contributed by atoms with Crippen molar-refractivity contribution in [3.05, 3.63) is 48.6 Å². The van der Waals surface area contributed by atoms with Crippen molar-refractivity contribution in [1.29, 1.82) is 0 Å². The zero-order chi connectivity index (χ0) is 18.4. The summed E-state index contributed by atoms with van der Waals surface area (Å²) in [6.07, 6.45) is 5.72. The minimum atomic E-state index is -0.252. The molecule has 1 aromatic carbocycles. The van der Waals surface area contributed by atoms with Crippen LogP contribution >= 0.6 is 0 Å². The second kappa shape index (κ2) is 8.49. The van der Waals surface area contributed by atoms with E-state index < -0.39 is 0 Å². The molecule has 0 unspecified atom stereocenters. The number of likely N-dealkylation sites (tertiary alicyclic amines) is 2. The monoisotopic (exact) mass is 356 g/mol. The smallest absolute Gasteiger partial charge is 0.242 e. The maximum absolute atomic E-state index is 12.5. The average molecular weight is 356 g/mol. The van der Waals surface area contributed by atoms with Crippen LogP contribution in [0, 0.1) is 0 Å². The zero-order valence-electron chi connectivity index (χ0n) is 15.4. The molecular formula is C21H28N2O3. The number of rotatable bonds is 7. The number of ether oxygens (including phenoxy) is 1. The van der Waals surface area contributed by atoms with Gasteiger partial charge in [-0.25, -0.2) is 0 Å². The number of hydrogen-bond acceptors (Lipinski definition) is 3. The van der Waals surface area contributed by atoms with Crippen LogP contribution in [0.2, 0.25) is 0 Å². The lowest BCUT2D eigenvalue weighted by atomic mass is 9.87. The highest BCUT2D eigenvalue weighted by Gasteiger charge is 2.36. The van der Waals surface area contributed by atoms with Gasteiger partial charge in [0.05, 0.1) is 18.8 Å². The van der Waals surface area contributed by atoms with Crippen molar-refractivity contribution < 1.29 is 14.3 Å². The number of carbonyl (C=O) groups is 2. The summed E-state index contributed by atoms with van der Waals surface area (Å²) in [6, 6.07) is 10.2. The Bertz CT molecular complexity index is 636. The molecule has 26 heavy (non-hydrogen) atoms. The van der Waals surface area contributed by atoms with E-state index in [9.17, 15) is 9.59 Å². The van der Waals surface area contributed by atoms with E-state index in [0.29, 0.717) is 32.7 Å². The van der Waals surface area contributed by atoms with Crippen molar-refractivity contribution in [3.63, 3.8) is 0 Å². The molecule has 3 rings (SSSR count). The van der Waals surface area contributed by atoms with E-state index in [1.165, 1.54) is 0 Å². The topological polar surface area (TPSA) is 49.9 Å². The number of benzene rings is 1. The summed E-state index contributed by atoms with van der Waals surface area (Å²) in [5, 5.41) is 0. The summed E-state index contributed by atoms with van der Waals surface area (Å²) in [5.74, 6) is 0.151. The van der Waals surface area contributed by atoms with Gasteiger partial charge in [-0.05, 0) is 31.2 Å². The molecule has 2 saturated heterocycles. The summed E-state index contributed by atoms with van der Waals surface area (Å²) >= 11 is 0. The van der Waals surface area contributed by atoms with Gasteiger partial charge in [0.2, 0.25) is 11.8 Å². The summed E-state index contributed by atoms with van der Waals surface area (Å²) < 4.78 is 6.30. The highest BCUT2D eigenvalue weighted by atomic mass is 16.5. The number of carbonyl (C=O) groups excluding carboxylic acids is 2. The molecule has 0 spiro atoms. The Morgan fingerprint density at radius 2 is 1.92 bits per heavy atom. The van der Waals surface area contributed by atoms with E-state index in [2.05, 4.69) is 18.7 Å². The Hall–Kier alpha value is -2.14. The predicted octanol–water partition coefficient (Wildman–Crippen LogP) is 2.76. The number of amides is 2. The van der Waals surface area contributed by atoms with E-state index >= 15 is 0 Å². The second-order valence-corrected chi connectivity index (χ2v) is 7.25. The van der Waals surface area contributed by atoms with Gasteiger partial charge in [-0.15, -0.1) is 6.58 Å². The summed E-state index contributed by atoms with van der Waals surface area (Å²) in [7, 11) is 0. The first-order valence-electron chi connectivity index (χ1n) is 9.46. The fraction of sp³-hybridized carbons (Fsp3) is 0.524. The van der Waals surface area contributed by atoms with E-state index in [4.69, 9.17) is 4.74 Å². The van der Waals surface area contributed by atoms with Crippen LogP contribution in [-0.2, 0) is 20.9 Å². The van der Waals surface area contributed by atoms with Crippen LogP contribution < -0.4 is 0 Å². The van der Waals surface area contributed by atoms with Crippen molar-refractivity contribution >= 4 is 11.8 Å². The van der Waals surface area contributed by atoms with Crippen molar-refractivity contribution in [2.75, 3.05) is 26.2 Å². The first-order valence-corrected chi connectivity index (χ1v) is 9.46. The normalized spacial score (nSPS) is 19.6. The Labute approximate surface area is 155 Å². The predicted molar refractivity (Wildman–Crippen MR) is 100 cm³/mol. The molecule has 1 aromatic rings. The minimum absolute atomic E-state index is 0.0514. The average Bonchev–Trinajstić information content (AvgIpc) is 3.06. The molecule has 2 fully saturated rings. The molecule has 0 saturated carbocycles. The third kappa shape index (κ3) is 4.52. The standard InChI is InChI=1S/C21H28N2O3/c1-2-10-21(26-17-18-7-4-3-5-8-18)11-14-22(15-12-21)20(25)16-23-13-6-9-19(23)24/h2-5,7-8H,1,6,9-17H2. The molecule has 5 nitrogen and oxygen atoms in total. The molecule has 2 aliphatic rings. The molecule has 5 heteroatoms. The van der Waals surface area contributed by atoms with E-state index in [1.807, 2.05) is 29.2 Å². The zero-order valence-corrected chi connectivity index (χ0v) is 15.4. The van der Waals surface area contributed by atoms with Crippen molar-refractivity contribution in [3.8, 4) is 0 Å². The Balaban J connectivity index is 1.53. The van der Waals surface area contributed by atoms with Gasteiger partial charge < -0.3 is 14.5 Å². The Morgan fingerprint density at radius 3 is 2.54 bits per heavy atom. The molecule has 140 valence electrons. The third-order valence-electron chi connectivity index (χ3n) is 5.43. The fourth-order valence-electron chi connectivity index (χ4n) is 3.78. The van der Waals surface area contributed by atoms with Gasteiger partial charge in [-0.3, -0.25) is 9.59 Å². The summed E-state index contributed by atoms with van der Waals surface area (Å²) in [6.45, 7) is 6.72. The Kier molecular flexibility index (Phi) is 6.09. The molecule has 0 radical (unpaired) electrons. The first-order chi connectivity index (χ1) is 12.6. The van der Waals surface area contributed by atoms with Crippen molar-refractivity contribution in [2.45, 2.75) is 44.3 Å². The summed E-state index contributed by atoms with van der Waals surface area (Å²) in [4.78, 5) is 27.8. The lowest BCUT2D eigenvalue weighted by molar-refractivity contribution is -0.144. The molecule has 0 N–H and O–H groups in total. The molecular weight excluding hydrogens is 328 g/mol. The van der Waals surface area contributed by atoms with Gasteiger partial charge >= 0.3 is 0 Å². The molecule has 2 amide bonds. The quantitative estimate of drug-likeness (QED) is 0.706. The first kappa shape index (κ1) is 18.6. The van der Waals surface area contributed by atoms with Crippen LogP contribution in [0.3, 0.4) is 0 Å². The number of nitrogens with zero attached hydrogens (tertiary/aromatic N) is 2. The van der Waals surface area contributed by atoms with E-state index in [-0.39, 0.29) is 24.0 Å². The van der Waals surface area contributed by atoms with Crippen LogP contribution in [-0.4, -0.2) is 53.4 Å². The molecule has 0 atom stereocenters. The van der Waals surface area contributed by atoms with Crippen LogP contribution in [0.4, 0.5) is 0 Å². The molecule has 0 aliphatic carbocycles. The molecule has 0 aromatic heterocycles. The maximum Gasteiger partial charge on any atom is 0.242 e. The second-order valence-electron chi connectivity index (χ2n) is 7.25. The maximum atomic E-state index is 12.5. The van der Waals surface area contributed by atoms with Crippen LogP contribution in [0.5, 0.6) is 0 Å². The van der Waals surface area contributed by atoms with Gasteiger partial charge in [0.15, 0.2) is 0 Å². The van der Waals surface area contributed by atoms with Gasteiger partial charge in [-0.1, -0.05) is 36.4 Å². The van der Waals surface area contributed by atoms with Gasteiger partial charge in [0.25, 0.3) is 0 Å². The van der Waals surface area contributed by atoms with Gasteiger partial charge in [-0.2, -0.15) is 0 Å². The highest BCUT2D eigenvalue weighted by Crippen LogP contribution is 2.31. The van der Waals surface area contributed by atoms with Crippen LogP contribution in [0.1, 0.15) is 37.7 Å². The third-order valence-corrected chi connectivity index (χ3v) is 5.43. The van der Waals surface area contributed by atoms with E-state index in [1.54, 1.807) is 4.90 Å². The lowest BCUT2D eigenvalue weighted by Gasteiger charge is -2.41. The lowest BCUT2D eigenvalue weighted by Crippen LogP contribution is -2.50. The Morgan fingerprint density at radius 1 is 1.19 bits per heavy atom. The number of hydrogen-bond donors (Lipinski definition) is 0. The molecule has 0 bridgehead atoms. The SMILES string of the molecule is C=CCC1(OCc2ccccc2)CCN(C(=O)CN2CCCC2=O)CC1. The van der Waals surface area contributed by atoms with E-state index in [0.717, 1.165) is 31.2 Å². The largest absolute Gasteiger partial charge is 0.370 e. The van der Waals surface area contributed by atoms with Crippen LogP contribution in [0.25, 0.3) is 0 Å². The van der Waals surface area contributed by atoms with Crippen molar-refractivity contribution in [2.24, 2.45) is 0 Å². The number of piperidine rings is 1. The van der Waals surface area contributed by atoms with Crippen molar-refractivity contribution in [1.82, 2.24) is 9.80 Å².